The third kappa shape index (κ3) is 2.40. The normalized spacial score (nSPS) is 17.1. The molecule has 1 aromatic carbocycles. The highest BCUT2D eigenvalue weighted by atomic mass is 16.6. The number of anilines is 1. The van der Waals surface area contributed by atoms with Crippen LogP contribution in [0.25, 0.3) is 0 Å². The Morgan fingerprint density at radius 3 is 2.90 bits per heavy atom. The summed E-state index contributed by atoms with van der Waals surface area (Å²) in [6.45, 7) is 2.05. The SMILES string of the molecule is CCC1Oc2cc([N+](=O)[O-])ccc2N(CCC#N)C1=O. The van der Waals surface area contributed by atoms with Crippen LogP contribution >= 0.6 is 0 Å². The van der Waals surface area contributed by atoms with E-state index in [0.29, 0.717) is 17.9 Å². The van der Waals surface area contributed by atoms with Crippen LogP contribution in [-0.4, -0.2) is 23.5 Å². The molecule has 1 heterocycles. The number of benzene rings is 1. The summed E-state index contributed by atoms with van der Waals surface area (Å²) in [5.74, 6) is 0.0905. The standard InChI is InChI=1S/C13H13N3O4/c1-2-11-13(17)15(7-3-6-14)10-5-4-9(16(18)19)8-12(10)20-11/h4-5,8,11H,2-3,7H2,1H3. The number of non-ortho nitro benzene ring substituents is 1. The van der Waals surface area contributed by atoms with Crippen molar-refractivity contribution in [2.75, 3.05) is 11.4 Å². The van der Waals surface area contributed by atoms with E-state index in [4.69, 9.17) is 10.00 Å². The van der Waals surface area contributed by atoms with E-state index >= 15 is 0 Å². The first-order chi connectivity index (χ1) is 9.58. The van der Waals surface area contributed by atoms with Crippen LogP contribution in [0.5, 0.6) is 5.75 Å². The number of carbonyl (C=O) groups is 1. The zero-order chi connectivity index (χ0) is 14.7. The van der Waals surface area contributed by atoms with Crippen molar-refractivity contribution in [3.63, 3.8) is 0 Å². The first-order valence-electron chi connectivity index (χ1n) is 6.22. The van der Waals surface area contributed by atoms with Gasteiger partial charge in [0.1, 0.15) is 0 Å². The molecule has 20 heavy (non-hydrogen) atoms. The lowest BCUT2D eigenvalue weighted by Gasteiger charge is -2.33. The first-order valence-corrected chi connectivity index (χ1v) is 6.22. The van der Waals surface area contributed by atoms with Gasteiger partial charge < -0.3 is 9.64 Å². The number of carbonyl (C=O) groups excluding carboxylic acids is 1. The first kappa shape index (κ1) is 13.8. The van der Waals surface area contributed by atoms with Gasteiger partial charge in [-0.15, -0.1) is 0 Å². The third-order valence-electron chi connectivity index (χ3n) is 3.07. The predicted molar refractivity (Wildman–Crippen MR) is 70.4 cm³/mol. The number of nitriles is 1. The van der Waals surface area contributed by atoms with Crippen LogP contribution in [-0.2, 0) is 4.79 Å². The maximum absolute atomic E-state index is 12.2. The number of amides is 1. The van der Waals surface area contributed by atoms with Crippen molar-refractivity contribution in [1.29, 1.82) is 5.26 Å². The Hall–Kier alpha value is -2.62. The lowest BCUT2D eigenvalue weighted by Crippen LogP contribution is -2.46. The van der Waals surface area contributed by atoms with Crippen LogP contribution in [0.3, 0.4) is 0 Å². The largest absolute Gasteiger partial charge is 0.478 e. The molecular formula is C13H13N3O4. The second kappa shape index (κ2) is 5.57. The van der Waals surface area contributed by atoms with Crippen molar-refractivity contribution in [3.05, 3.63) is 28.3 Å². The summed E-state index contributed by atoms with van der Waals surface area (Å²) in [4.78, 5) is 23.9. The van der Waals surface area contributed by atoms with E-state index < -0.39 is 11.0 Å². The Labute approximate surface area is 115 Å². The fraction of sp³-hybridized carbons (Fsp3) is 0.385. The van der Waals surface area contributed by atoms with Gasteiger partial charge in [-0.1, -0.05) is 6.92 Å². The molecule has 1 amide bonds. The minimum atomic E-state index is -0.664. The molecule has 0 saturated carbocycles. The van der Waals surface area contributed by atoms with Crippen molar-refractivity contribution in [1.82, 2.24) is 0 Å². The number of fused-ring (bicyclic) bond motifs is 1. The van der Waals surface area contributed by atoms with E-state index in [-0.39, 0.29) is 24.6 Å². The Morgan fingerprint density at radius 1 is 1.55 bits per heavy atom. The van der Waals surface area contributed by atoms with Crippen LogP contribution < -0.4 is 9.64 Å². The van der Waals surface area contributed by atoms with Gasteiger partial charge in [-0.3, -0.25) is 14.9 Å². The molecule has 0 bridgehead atoms. The minimum Gasteiger partial charge on any atom is -0.478 e. The van der Waals surface area contributed by atoms with Gasteiger partial charge in [-0.05, 0) is 12.5 Å². The maximum atomic E-state index is 12.2. The molecule has 0 radical (unpaired) electrons. The highest BCUT2D eigenvalue weighted by molar-refractivity contribution is 6.00. The van der Waals surface area contributed by atoms with Gasteiger partial charge in [-0.2, -0.15) is 5.26 Å². The van der Waals surface area contributed by atoms with Gasteiger partial charge in [0.2, 0.25) is 0 Å². The second-order valence-corrected chi connectivity index (χ2v) is 4.32. The van der Waals surface area contributed by atoms with Gasteiger partial charge in [0.25, 0.3) is 11.6 Å². The summed E-state index contributed by atoms with van der Waals surface area (Å²) < 4.78 is 5.52. The number of hydrogen-bond acceptors (Lipinski definition) is 5. The molecule has 0 spiro atoms. The molecule has 0 aromatic heterocycles. The average molecular weight is 275 g/mol. The Morgan fingerprint density at radius 2 is 2.30 bits per heavy atom. The van der Waals surface area contributed by atoms with E-state index in [9.17, 15) is 14.9 Å². The monoisotopic (exact) mass is 275 g/mol. The van der Waals surface area contributed by atoms with Crippen molar-refractivity contribution in [3.8, 4) is 11.8 Å². The third-order valence-corrected chi connectivity index (χ3v) is 3.07. The highest BCUT2D eigenvalue weighted by Crippen LogP contribution is 2.37. The van der Waals surface area contributed by atoms with E-state index in [2.05, 4.69) is 0 Å². The van der Waals surface area contributed by atoms with Crippen molar-refractivity contribution in [2.24, 2.45) is 0 Å². The van der Waals surface area contributed by atoms with Crippen molar-refractivity contribution >= 4 is 17.3 Å². The molecule has 104 valence electrons. The molecule has 0 fully saturated rings. The zero-order valence-electron chi connectivity index (χ0n) is 10.9. The fourth-order valence-corrected chi connectivity index (χ4v) is 2.08. The minimum absolute atomic E-state index is 0.0896. The summed E-state index contributed by atoms with van der Waals surface area (Å²) >= 11 is 0. The van der Waals surface area contributed by atoms with Gasteiger partial charge in [0.05, 0.1) is 29.2 Å². The predicted octanol–water partition coefficient (Wildman–Crippen LogP) is 2.01. The number of nitro benzene ring substituents is 1. The van der Waals surface area contributed by atoms with Crippen molar-refractivity contribution < 1.29 is 14.5 Å². The van der Waals surface area contributed by atoms with Gasteiger partial charge in [0, 0.05) is 12.6 Å². The summed E-state index contributed by atoms with van der Waals surface area (Å²) in [5.41, 5.74) is 0.383. The molecule has 0 saturated heterocycles. The lowest BCUT2D eigenvalue weighted by atomic mass is 10.1. The topological polar surface area (TPSA) is 96.5 Å². The number of nitro groups is 1. The number of rotatable bonds is 4. The smallest absolute Gasteiger partial charge is 0.273 e. The molecule has 1 atom stereocenters. The maximum Gasteiger partial charge on any atom is 0.273 e. The summed E-state index contributed by atoms with van der Waals surface area (Å²) in [5, 5.41) is 19.4. The van der Waals surface area contributed by atoms with E-state index in [0.717, 1.165) is 0 Å². The van der Waals surface area contributed by atoms with Crippen LogP contribution in [0, 0.1) is 21.4 Å². The number of nitrogens with zero attached hydrogens (tertiary/aromatic N) is 3. The van der Waals surface area contributed by atoms with Gasteiger partial charge >= 0.3 is 0 Å². The van der Waals surface area contributed by atoms with Crippen LogP contribution in [0.15, 0.2) is 18.2 Å². The Balaban J connectivity index is 2.42. The van der Waals surface area contributed by atoms with Crippen LogP contribution in [0.2, 0.25) is 0 Å². The van der Waals surface area contributed by atoms with E-state index in [1.165, 1.54) is 23.1 Å². The molecule has 1 aliphatic rings. The molecule has 2 rings (SSSR count). The summed E-state index contributed by atoms with van der Waals surface area (Å²) in [6, 6.07) is 6.10. The Bertz CT molecular complexity index is 594. The van der Waals surface area contributed by atoms with Crippen LogP contribution in [0.4, 0.5) is 11.4 Å². The van der Waals surface area contributed by atoms with Gasteiger partial charge in [-0.25, -0.2) is 0 Å². The van der Waals surface area contributed by atoms with Crippen molar-refractivity contribution in [2.45, 2.75) is 25.9 Å². The van der Waals surface area contributed by atoms with E-state index in [1.54, 1.807) is 6.92 Å². The molecule has 0 aliphatic carbocycles. The second-order valence-electron chi connectivity index (χ2n) is 4.32. The molecule has 1 aliphatic heterocycles. The van der Waals surface area contributed by atoms with Gasteiger partial charge in [0.15, 0.2) is 11.9 Å². The molecule has 1 unspecified atom stereocenters. The molecule has 7 heteroatoms. The van der Waals surface area contributed by atoms with Crippen LogP contribution in [0.1, 0.15) is 19.8 Å². The number of hydrogen-bond donors (Lipinski definition) is 0. The summed E-state index contributed by atoms with van der Waals surface area (Å²) in [6.07, 6.45) is -0.00833. The van der Waals surface area contributed by atoms with E-state index in [1.807, 2.05) is 6.07 Å². The fourth-order valence-electron chi connectivity index (χ4n) is 2.08. The molecular weight excluding hydrogens is 262 g/mol. The Kier molecular flexibility index (Phi) is 3.84. The number of ether oxygens (including phenoxy) is 1. The molecule has 0 N–H and O–H groups in total. The average Bonchev–Trinajstić information content (AvgIpc) is 2.45. The molecule has 1 aromatic rings. The zero-order valence-corrected chi connectivity index (χ0v) is 10.9. The summed E-state index contributed by atoms with van der Waals surface area (Å²) in [7, 11) is 0. The molecule has 7 nitrogen and oxygen atoms in total. The lowest BCUT2D eigenvalue weighted by molar-refractivity contribution is -0.384. The quantitative estimate of drug-likeness (QED) is 0.618. The highest BCUT2D eigenvalue weighted by Gasteiger charge is 2.33.